The average molecular weight is 530 g/mol. The highest BCUT2D eigenvalue weighted by atomic mass is 31.2. The molecule has 16 heteroatoms. The van der Waals surface area contributed by atoms with Crippen molar-refractivity contribution in [3.8, 4) is 11.4 Å². The first-order valence-electron chi connectivity index (χ1n) is 10.5. The van der Waals surface area contributed by atoms with E-state index in [1.54, 1.807) is 6.92 Å². The molecule has 0 spiro atoms. The van der Waals surface area contributed by atoms with Crippen LogP contribution in [0.5, 0.6) is 0 Å². The normalized spacial score (nSPS) is 13.4. The molecule has 0 aliphatic rings. The van der Waals surface area contributed by atoms with Crippen molar-refractivity contribution in [2.24, 2.45) is 0 Å². The Morgan fingerprint density at radius 2 is 2.00 bits per heavy atom. The molecule has 3 N–H and O–H groups in total. The van der Waals surface area contributed by atoms with Crippen LogP contribution < -0.4 is 5.56 Å². The molecule has 0 radical (unpaired) electrons. The van der Waals surface area contributed by atoms with Gasteiger partial charge in [0.05, 0.1) is 23.9 Å². The van der Waals surface area contributed by atoms with Crippen LogP contribution in [0.1, 0.15) is 37.1 Å². The van der Waals surface area contributed by atoms with Crippen molar-refractivity contribution in [2.75, 3.05) is 0 Å². The minimum absolute atomic E-state index is 0.0397. The van der Waals surface area contributed by atoms with Crippen LogP contribution in [0, 0.1) is 6.08 Å². The van der Waals surface area contributed by atoms with E-state index >= 15 is 0 Å². The molecule has 192 valence electrons. The van der Waals surface area contributed by atoms with E-state index in [4.69, 9.17) is 4.52 Å². The van der Waals surface area contributed by atoms with E-state index in [-0.39, 0.29) is 35.5 Å². The Kier molecular flexibility index (Phi) is 6.84. The zero-order chi connectivity index (χ0) is 26.3. The van der Waals surface area contributed by atoms with Crippen LogP contribution in [0.15, 0.2) is 41.5 Å². The predicted octanol–water partition coefficient (Wildman–Crippen LogP) is 3.60. The number of benzene rings is 1. The molecule has 1 atom stereocenters. The molecule has 4 rings (SSSR count). The number of nitrogens with zero attached hydrogens (tertiary/aromatic N) is 5. The van der Waals surface area contributed by atoms with Crippen LogP contribution in [0.3, 0.4) is 0 Å². The Bertz CT molecular complexity index is 1510. The third-order valence-corrected chi connectivity index (χ3v) is 5.61. The fraction of sp³-hybridized carbons (Fsp3) is 0.300. The summed E-state index contributed by atoms with van der Waals surface area (Å²) in [5.74, 6) is -0.0595. The van der Waals surface area contributed by atoms with Gasteiger partial charge in [0.25, 0.3) is 11.6 Å². The number of alkyl halides is 3. The SMILES string of the molecule is CCCC(OP(=O)(O)O)n1c(-c2cnn(Cc3cccc(C(F)(F)F)c3)c2)nc2c(=O)[nH]c(F)nc21. The maximum absolute atomic E-state index is 13.9. The number of H-pyrrole nitrogens is 1. The Hall–Kier alpha value is -3.39. The molecule has 3 heterocycles. The number of rotatable bonds is 8. The van der Waals surface area contributed by atoms with Crippen molar-refractivity contribution in [3.05, 3.63) is 64.2 Å². The summed E-state index contributed by atoms with van der Waals surface area (Å²) in [5.41, 5.74) is -1.85. The Morgan fingerprint density at radius 3 is 2.67 bits per heavy atom. The van der Waals surface area contributed by atoms with Crippen LogP contribution >= 0.6 is 7.82 Å². The number of phosphoric acid groups is 1. The molecule has 0 amide bonds. The number of aromatic amines is 1. The van der Waals surface area contributed by atoms with E-state index in [9.17, 15) is 36.7 Å². The van der Waals surface area contributed by atoms with Gasteiger partial charge in [-0.15, -0.1) is 0 Å². The number of hydrogen-bond acceptors (Lipinski definition) is 6. The summed E-state index contributed by atoms with van der Waals surface area (Å²) in [6, 6.07) is 4.68. The lowest BCUT2D eigenvalue weighted by molar-refractivity contribution is -0.137. The average Bonchev–Trinajstić information content (AvgIpc) is 3.37. The molecule has 1 aromatic carbocycles. The first-order chi connectivity index (χ1) is 16.9. The molecule has 11 nitrogen and oxygen atoms in total. The Morgan fingerprint density at radius 1 is 1.25 bits per heavy atom. The van der Waals surface area contributed by atoms with E-state index in [1.807, 2.05) is 4.98 Å². The summed E-state index contributed by atoms with van der Waals surface area (Å²) in [4.78, 5) is 40.8. The van der Waals surface area contributed by atoms with Gasteiger partial charge in [0.2, 0.25) is 0 Å². The second-order valence-electron chi connectivity index (χ2n) is 7.80. The van der Waals surface area contributed by atoms with Crippen molar-refractivity contribution in [1.82, 2.24) is 29.3 Å². The van der Waals surface area contributed by atoms with E-state index in [1.165, 1.54) is 29.2 Å². The van der Waals surface area contributed by atoms with Gasteiger partial charge in [-0.25, -0.2) is 9.55 Å². The lowest BCUT2D eigenvalue weighted by Gasteiger charge is -2.21. The Labute approximate surface area is 199 Å². The molecule has 0 aliphatic heterocycles. The fourth-order valence-electron chi connectivity index (χ4n) is 3.67. The highest BCUT2D eigenvalue weighted by molar-refractivity contribution is 7.46. The van der Waals surface area contributed by atoms with Crippen LogP contribution in [0.4, 0.5) is 17.6 Å². The predicted molar refractivity (Wildman–Crippen MR) is 117 cm³/mol. The van der Waals surface area contributed by atoms with Crippen LogP contribution in [-0.4, -0.2) is 39.1 Å². The van der Waals surface area contributed by atoms with Crippen LogP contribution in [0.25, 0.3) is 22.6 Å². The number of imidazole rings is 1. The van der Waals surface area contributed by atoms with Gasteiger partial charge in [-0.3, -0.25) is 23.6 Å². The quantitative estimate of drug-likeness (QED) is 0.178. The van der Waals surface area contributed by atoms with E-state index in [0.717, 1.165) is 16.7 Å². The van der Waals surface area contributed by atoms with Crippen molar-refractivity contribution in [1.29, 1.82) is 0 Å². The molecule has 4 aromatic rings. The lowest BCUT2D eigenvalue weighted by atomic mass is 10.1. The van der Waals surface area contributed by atoms with Gasteiger partial charge < -0.3 is 9.79 Å². The standard InChI is InChI=1S/C20H19F4N6O5P/c1-2-4-14(35-36(32,33)34)30-16(26-15-17(30)27-19(21)28-18(15)31)12-8-25-29(10-12)9-11-5-3-6-13(7-11)20(22,23)24/h3,5-8,10,14H,2,4,9H2,1H3,(H,27,28,31)(H2,32,33,34). The van der Waals surface area contributed by atoms with E-state index in [0.29, 0.717) is 12.0 Å². The van der Waals surface area contributed by atoms with E-state index in [2.05, 4.69) is 15.1 Å². The van der Waals surface area contributed by atoms with Crippen molar-refractivity contribution >= 4 is 19.0 Å². The highest BCUT2D eigenvalue weighted by Gasteiger charge is 2.31. The maximum atomic E-state index is 13.9. The van der Waals surface area contributed by atoms with Gasteiger partial charge in [0, 0.05) is 6.20 Å². The topological polar surface area (TPSA) is 148 Å². The summed E-state index contributed by atoms with van der Waals surface area (Å²) in [6.07, 6.45) is -4.02. The third kappa shape index (κ3) is 5.54. The first kappa shape index (κ1) is 25.7. The zero-order valence-electron chi connectivity index (χ0n) is 18.5. The summed E-state index contributed by atoms with van der Waals surface area (Å²) in [5, 5.41) is 4.12. The summed E-state index contributed by atoms with van der Waals surface area (Å²) >= 11 is 0. The fourth-order valence-corrected chi connectivity index (χ4v) is 4.18. The second kappa shape index (κ2) is 9.58. The summed E-state index contributed by atoms with van der Waals surface area (Å²) in [7, 11) is -5.03. The molecule has 1 unspecified atom stereocenters. The summed E-state index contributed by atoms with van der Waals surface area (Å²) < 4.78 is 72.0. The number of halogens is 4. The molecule has 0 saturated carbocycles. The number of aromatic nitrogens is 6. The third-order valence-electron chi connectivity index (χ3n) is 5.09. The van der Waals surface area contributed by atoms with Gasteiger partial charge in [-0.05, 0) is 24.1 Å². The monoisotopic (exact) mass is 530 g/mol. The van der Waals surface area contributed by atoms with Crippen molar-refractivity contribution < 1.29 is 36.4 Å². The van der Waals surface area contributed by atoms with Gasteiger partial charge in [0.1, 0.15) is 12.1 Å². The largest absolute Gasteiger partial charge is 0.471 e. The molecule has 0 fully saturated rings. The summed E-state index contributed by atoms with van der Waals surface area (Å²) in [6.45, 7) is 1.66. The van der Waals surface area contributed by atoms with E-state index < -0.39 is 37.4 Å². The molecule has 0 bridgehead atoms. The maximum Gasteiger partial charge on any atom is 0.471 e. The molecular formula is C20H19F4N6O5P. The number of hydrogen-bond donors (Lipinski definition) is 3. The van der Waals surface area contributed by atoms with Gasteiger partial charge in [-0.2, -0.15) is 27.6 Å². The molecular weight excluding hydrogens is 511 g/mol. The van der Waals surface area contributed by atoms with Crippen molar-refractivity contribution in [2.45, 2.75) is 38.7 Å². The zero-order valence-corrected chi connectivity index (χ0v) is 19.4. The van der Waals surface area contributed by atoms with Crippen LogP contribution in [-0.2, 0) is 21.8 Å². The molecule has 3 aromatic heterocycles. The van der Waals surface area contributed by atoms with Crippen LogP contribution in [0.2, 0.25) is 0 Å². The highest BCUT2D eigenvalue weighted by Crippen LogP contribution is 2.43. The molecule has 0 saturated heterocycles. The Balaban J connectivity index is 1.80. The minimum Gasteiger partial charge on any atom is -0.303 e. The minimum atomic E-state index is -5.03. The lowest BCUT2D eigenvalue weighted by Crippen LogP contribution is -2.16. The van der Waals surface area contributed by atoms with Gasteiger partial charge >= 0.3 is 14.0 Å². The molecule has 0 aliphatic carbocycles. The smallest absolute Gasteiger partial charge is 0.303 e. The molecule has 36 heavy (non-hydrogen) atoms. The van der Waals surface area contributed by atoms with Gasteiger partial charge in [-0.1, -0.05) is 25.5 Å². The van der Waals surface area contributed by atoms with Crippen molar-refractivity contribution in [3.63, 3.8) is 0 Å². The first-order valence-corrected chi connectivity index (χ1v) is 12.0. The number of fused-ring (bicyclic) bond motifs is 1. The van der Waals surface area contributed by atoms with Gasteiger partial charge in [0.15, 0.2) is 11.2 Å². The second-order valence-corrected chi connectivity index (χ2v) is 8.99. The number of nitrogens with one attached hydrogen (secondary N) is 1. The number of phosphoric ester groups is 1.